The van der Waals surface area contributed by atoms with Gasteiger partial charge in [0.15, 0.2) is 11.5 Å². The van der Waals surface area contributed by atoms with E-state index in [0.29, 0.717) is 23.0 Å². The molecule has 0 aliphatic carbocycles. The fourth-order valence-corrected chi connectivity index (χ4v) is 4.12. The first-order valence-corrected chi connectivity index (χ1v) is 13.2. The Labute approximate surface area is 230 Å². The smallest absolute Gasteiger partial charge is 0.255 e. The molecule has 0 radical (unpaired) electrons. The number of unbranched alkanes of at least 4 members (excludes halogenated alkanes) is 1. The Kier molecular flexibility index (Phi) is 8.44. The summed E-state index contributed by atoms with van der Waals surface area (Å²) < 4.78 is 1.74. The number of pyridine rings is 1. The number of anilines is 4. The van der Waals surface area contributed by atoms with E-state index in [0.717, 1.165) is 53.9 Å². The van der Waals surface area contributed by atoms with E-state index in [9.17, 15) is 4.79 Å². The van der Waals surface area contributed by atoms with Crippen LogP contribution in [0.4, 0.5) is 23.1 Å². The Morgan fingerprint density at radius 3 is 2.62 bits per heavy atom. The normalized spacial score (nSPS) is 11.7. The van der Waals surface area contributed by atoms with E-state index in [-0.39, 0.29) is 11.3 Å². The molecule has 0 unspecified atom stereocenters. The van der Waals surface area contributed by atoms with Gasteiger partial charge in [0.1, 0.15) is 0 Å². The molecule has 3 heterocycles. The molecular formula is C29H39N9O. The highest BCUT2D eigenvalue weighted by Gasteiger charge is 2.18. The van der Waals surface area contributed by atoms with Gasteiger partial charge >= 0.3 is 0 Å². The molecule has 4 aromatic rings. The topological polar surface area (TPSA) is 113 Å². The molecule has 206 valence electrons. The molecule has 10 nitrogen and oxygen atoms in total. The van der Waals surface area contributed by atoms with E-state index in [1.54, 1.807) is 23.1 Å². The van der Waals surface area contributed by atoms with Crippen molar-refractivity contribution in [3.05, 3.63) is 59.5 Å². The third-order valence-corrected chi connectivity index (χ3v) is 6.43. The minimum absolute atomic E-state index is 0.144. The second-order valence-electron chi connectivity index (χ2n) is 11.1. The van der Waals surface area contributed by atoms with Crippen molar-refractivity contribution in [2.75, 3.05) is 43.1 Å². The Morgan fingerprint density at radius 2 is 1.87 bits per heavy atom. The molecule has 0 aliphatic rings. The van der Waals surface area contributed by atoms with Crippen LogP contribution < -0.4 is 16.0 Å². The van der Waals surface area contributed by atoms with Crippen LogP contribution in [0.25, 0.3) is 11.0 Å². The number of benzene rings is 1. The molecule has 3 N–H and O–H groups in total. The van der Waals surface area contributed by atoms with E-state index in [1.165, 1.54) is 0 Å². The average Bonchev–Trinajstić information content (AvgIpc) is 3.19. The number of nitrogens with one attached hydrogen (secondary N) is 3. The molecule has 0 saturated carbocycles. The van der Waals surface area contributed by atoms with Crippen molar-refractivity contribution in [2.24, 2.45) is 7.05 Å². The number of amides is 1. The Bertz CT molecular complexity index is 1450. The van der Waals surface area contributed by atoms with Gasteiger partial charge in [-0.25, -0.2) is 9.67 Å². The van der Waals surface area contributed by atoms with Gasteiger partial charge in [-0.3, -0.25) is 9.78 Å². The molecule has 4 rings (SSSR count). The number of carbonyl (C=O) groups is 1. The van der Waals surface area contributed by atoms with Crippen molar-refractivity contribution in [1.82, 2.24) is 29.6 Å². The van der Waals surface area contributed by atoms with Crippen LogP contribution in [0.3, 0.4) is 0 Å². The zero-order valence-electron chi connectivity index (χ0n) is 24.0. The van der Waals surface area contributed by atoms with Gasteiger partial charge in [-0.1, -0.05) is 26.8 Å². The van der Waals surface area contributed by atoms with E-state index >= 15 is 0 Å². The van der Waals surface area contributed by atoms with Gasteiger partial charge in [0.25, 0.3) is 5.91 Å². The Hall–Kier alpha value is -4.05. The summed E-state index contributed by atoms with van der Waals surface area (Å²) in [6.07, 6.45) is 5.62. The summed E-state index contributed by atoms with van der Waals surface area (Å²) in [6, 6.07) is 9.33. The molecule has 1 aromatic carbocycles. The third-order valence-electron chi connectivity index (χ3n) is 6.43. The Morgan fingerprint density at radius 1 is 1.08 bits per heavy atom. The number of fused-ring (bicyclic) bond motifs is 1. The number of aryl methyl sites for hydroxylation is 2. The van der Waals surface area contributed by atoms with Crippen molar-refractivity contribution in [2.45, 2.75) is 46.0 Å². The first-order chi connectivity index (χ1) is 18.5. The van der Waals surface area contributed by atoms with Gasteiger partial charge in [0.05, 0.1) is 5.39 Å². The van der Waals surface area contributed by atoms with Crippen LogP contribution in [-0.2, 0) is 12.5 Å². The van der Waals surface area contributed by atoms with Gasteiger partial charge < -0.3 is 20.9 Å². The standard InChI is InChI=1S/C29H39N9O/c1-19-10-11-21(33-27(39)20-12-14-30-24(16-20)29(2,3)4)17-23(19)34-25-22-18-32-28(35-26(22)38(7)36-25)31-13-8-9-15-37(5)6/h10-12,14,16-18H,8-9,13,15H2,1-7H3,(H,33,39)(H,34,36)(H,31,32,35). The van der Waals surface area contributed by atoms with E-state index in [1.807, 2.05) is 38.2 Å². The molecule has 3 aromatic heterocycles. The molecule has 1 amide bonds. The lowest BCUT2D eigenvalue weighted by Crippen LogP contribution is -2.17. The summed E-state index contributed by atoms with van der Waals surface area (Å²) in [6.45, 7) is 10.1. The van der Waals surface area contributed by atoms with Crippen molar-refractivity contribution in [1.29, 1.82) is 0 Å². The van der Waals surface area contributed by atoms with Crippen molar-refractivity contribution < 1.29 is 4.79 Å². The van der Waals surface area contributed by atoms with Crippen LogP contribution in [0.1, 0.15) is 55.2 Å². The summed E-state index contributed by atoms with van der Waals surface area (Å²) in [4.78, 5) is 28.8. The molecular weight excluding hydrogens is 490 g/mol. The SMILES string of the molecule is Cc1ccc(NC(=O)c2ccnc(C(C)(C)C)c2)cc1Nc1nn(C)c2nc(NCCCCN(C)C)ncc12. The molecule has 0 spiro atoms. The highest BCUT2D eigenvalue weighted by atomic mass is 16.1. The average molecular weight is 530 g/mol. The van der Waals surface area contributed by atoms with Crippen molar-refractivity contribution in [3.8, 4) is 0 Å². The maximum absolute atomic E-state index is 13.0. The minimum Gasteiger partial charge on any atom is -0.354 e. The lowest BCUT2D eigenvalue weighted by atomic mass is 9.91. The molecule has 0 aliphatic heterocycles. The molecule has 39 heavy (non-hydrogen) atoms. The minimum atomic E-state index is -0.184. The number of nitrogens with zero attached hydrogens (tertiary/aromatic N) is 6. The summed E-state index contributed by atoms with van der Waals surface area (Å²) >= 11 is 0. The predicted molar refractivity (Wildman–Crippen MR) is 158 cm³/mol. The summed E-state index contributed by atoms with van der Waals surface area (Å²) in [7, 11) is 6.03. The van der Waals surface area contributed by atoms with E-state index in [2.05, 4.69) is 75.8 Å². The largest absolute Gasteiger partial charge is 0.354 e. The zero-order valence-corrected chi connectivity index (χ0v) is 24.0. The monoisotopic (exact) mass is 529 g/mol. The third kappa shape index (κ3) is 7.08. The summed E-state index contributed by atoms with van der Waals surface area (Å²) in [5.74, 6) is 1.06. The summed E-state index contributed by atoms with van der Waals surface area (Å²) in [5.41, 5.74) is 4.56. The molecule has 0 atom stereocenters. The quantitative estimate of drug-likeness (QED) is 0.243. The first kappa shape index (κ1) is 28.0. The predicted octanol–water partition coefficient (Wildman–Crippen LogP) is 5.11. The second kappa shape index (κ2) is 11.8. The summed E-state index contributed by atoms with van der Waals surface area (Å²) in [5, 5.41) is 15.2. The number of hydrogen-bond donors (Lipinski definition) is 3. The molecule has 0 fully saturated rings. The number of aromatic nitrogens is 5. The van der Waals surface area contributed by atoms with Crippen LogP contribution in [0.5, 0.6) is 0 Å². The van der Waals surface area contributed by atoms with E-state index in [4.69, 9.17) is 0 Å². The van der Waals surface area contributed by atoms with Crippen LogP contribution in [0, 0.1) is 6.92 Å². The fourth-order valence-electron chi connectivity index (χ4n) is 4.12. The van der Waals surface area contributed by atoms with Crippen LogP contribution in [-0.4, -0.2) is 62.7 Å². The lowest BCUT2D eigenvalue weighted by molar-refractivity contribution is 0.102. The number of hydrogen-bond acceptors (Lipinski definition) is 8. The highest BCUT2D eigenvalue weighted by Crippen LogP contribution is 2.28. The van der Waals surface area contributed by atoms with Gasteiger partial charge in [0.2, 0.25) is 5.95 Å². The van der Waals surface area contributed by atoms with Gasteiger partial charge in [-0.05, 0) is 70.2 Å². The van der Waals surface area contributed by atoms with E-state index < -0.39 is 0 Å². The second-order valence-corrected chi connectivity index (χ2v) is 11.1. The molecule has 10 heteroatoms. The van der Waals surface area contributed by atoms with Crippen molar-refractivity contribution in [3.63, 3.8) is 0 Å². The highest BCUT2D eigenvalue weighted by molar-refractivity contribution is 6.04. The zero-order chi connectivity index (χ0) is 28.2. The lowest BCUT2D eigenvalue weighted by Gasteiger charge is -2.18. The maximum atomic E-state index is 13.0. The number of rotatable bonds is 10. The fraction of sp³-hybridized carbons (Fsp3) is 0.414. The van der Waals surface area contributed by atoms with Crippen LogP contribution in [0.2, 0.25) is 0 Å². The van der Waals surface area contributed by atoms with Gasteiger partial charge in [-0.2, -0.15) is 10.1 Å². The number of carbonyl (C=O) groups excluding carboxylic acids is 1. The van der Waals surface area contributed by atoms with Crippen LogP contribution in [0.15, 0.2) is 42.7 Å². The van der Waals surface area contributed by atoms with Crippen LogP contribution >= 0.6 is 0 Å². The Balaban J connectivity index is 1.47. The van der Waals surface area contributed by atoms with Gasteiger partial charge in [0, 0.05) is 54.0 Å². The first-order valence-electron chi connectivity index (χ1n) is 13.2. The maximum Gasteiger partial charge on any atom is 0.255 e. The molecule has 0 saturated heterocycles. The molecule has 0 bridgehead atoms. The van der Waals surface area contributed by atoms with Crippen molar-refractivity contribution >= 4 is 40.1 Å². The van der Waals surface area contributed by atoms with Gasteiger partial charge in [-0.15, -0.1) is 0 Å².